The van der Waals surface area contributed by atoms with Crippen molar-refractivity contribution in [3.63, 3.8) is 0 Å². The SMILES string of the molecule is COC(=O)CCCOc1ccc(CNC(=O)C2(N)CCCC2)cc1. The van der Waals surface area contributed by atoms with Crippen LogP contribution >= 0.6 is 0 Å². The second kappa shape index (κ2) is 8.68. The molecule has 1 aromatic carbocycles. The minimum atomic E-state index is -0.692. The van der Waals surface area contributed by atoms with Crippen LogP contribution in [0.5, 0.6) is 5.75 Å². The molecule has 0 unspecified atom stereocenters. The Morgan fingerprint density at radius 1 is 1.21 bits per heavy atom. The summed E-state index contributed by atoms with van der Waals surface area (Å²) in [5.74, 6) is 0.439. The minimum absolute atomic E-state index is 0.0665. The topological polar surface area (TPSA) is 90.6 Å². The average molecular weight is 334 g/mol. The Morgan fingerprint density at radius 2 is 1.88 bits per heavy atom. The van der Waals surface area contributed by atoms with Crippen molar-refractivity contribution in [1.29, 1.82) is 0 Å². The highest BCUT2D eigenvalue weighted by Crippen LogP contribution is 2.27. The maximum atomic E-state index is 12.2. The highest BCUT2D eigenvalue weighted by atomic mass is 16.5. The van der Waals surface area contributed by atoms with Crippen molar-refractivity contribution < 1.29 is 19.1 Å². The van der Waals surface area contributed by atoms with Crippen LogP contribution in [-0.4, -0.2) is 31.1 Å². The van der Waals surface area contributed by atoms with Gasteiger partial charge in [-0.15, -0.1) is 0 Å². The quantitative estimate of drug-likeness (QED) is 0.560. The summed E-state index contributed by atoms with van der Waals surface area (Å²) in [6.45, 7) is 0.918. The normalized spacial score (nSPS) is 15.8. The average Bonchev–Trinajstić information content (AvgIpc) is 3.05. The van der Waals surface area contributed by atoms with Crippen LogP contribution in [0.1, 0.15) is 44.1 Å². The highest BCUT2D eigenvalue weighted by Gasteiger charge is 2.36. The lowest BCUT2D eigenvalue weighted by Crippen LogP contribution is -2.51. The van der Waals surface area contributed by atoms with Crippen LogP contribution in [0.4, 0.5) is 0 Å². The number of nitrogens with one attached hydrogen (secondary N) is 1. The number of carbonyl (C=O) groups is 2. The van der Waals surface area contributed by atoms with Gasteiger partial charge < -0.3 is 20.5 Å². The van der Waals surface area contributed by atoms with E-state index in [2.05, 4.69) is 10.1 Å². The molecule has 0 radical (unpaired) electrons. The van der Waals surface area contributed by atoms with Crippen molar-refractivity contribution in [2.45, 2.75) is 50.6 Å². The molecular formula is C18H26N2O4. The summed E-state index contributed by atoms with van der Waals surface area (Å²) in [5, 5.41) is 2.92. The van der Waals surface area contributed by atoms with Gasteiger partial charge in [0.1, 0.15) is 5.75 Å². The number of amides is 1. The predicted molar refractivity (Wildman–Crippen MR) is 90.4 cm³/mol. The smallest absolute Gasteiger partial charge is 0.305 e. The lowest BCUT2D eigenvalue weighted by Gasteiger charge is -2.22. The Kier molecular flexibility index (Phi) is 6.61. The van der Waals surface area contributed by atoms with E-state index in [1.165, 1.54) is 7.11 Å². The Labute approximate surface area is 142 Å². The molecule has 1 amide bonds. The number of methoxy groups -OCH3 is 1. The summed E-state index contributed by atoms with van der Waals surface area (Å²) in [5.41, 5.74) is 6.43. The summed E-state index contributed by atoms with van der Waals surface area (Å²) < 4.78 is 10.1. The zero-order chi connectivity index (χ0) is 17.4. The van der Waals surface area contributed by atoms with Crippen molar-refractivity contribution in [3.8, 4) is 5.75 Å². The molecule has 1 fully saturated rings. The Balaban J connectivity index is 1.71. The van der Waals surface area contributed by atoms with E-state index in [-0.39, 0.29) is 11.9 Å². The first-order chi connectivity index (χ1) is 11.5. The molecule has 1 saturated carbocycles. The molecule has 24 heavy (non-hydrogen) atoms. The number of hydrogen-bond acceptors (Lipinski definition) is 5. The summed E-state index contributed by atoms with van der Waals surface area (Å²) in [4.78, 5) is 23.2. The van der Waals surface area contributed by atoms with Gasteiger partial charge in [-0.2, -0.15) is 0 Å². The molecule has 0 bridgehead atoms. The molecule has 0 atom stereocenters. The van der Waals surface area contributed by atoms with Crippen LogP contribution in [0.15, 0.2) is 24.3 Å². The van der Waals surface area contributed by atoms with E-state index in [0.717, 1.165) is 37.0 Å². The third-order valence-corrected chi connectivity index (χ3v) is 4.35. The summed E-state index contributed by atoms with van der Waals surface area (Å²) in [7, 11) is 1.37. The van der Waals surface area contributed by atoms with E-state index in [9.17, 15) is 9.59 Å². The van der Waals surface area contributed by atoms with Gasteiger partial charge in [0, 0.05) is 13.0 Å². The first-order valence-electron chi connectivity index (χ1n) is 8.39. The van der Waals surface area contributed by atoms with Gasteiger partial charge in [-0.3, -0.25) is 9.59 Å². The molecule has 132 valence electrons. The second-order valence-electron chi connectivity index (χ2n) is 6.22. The van der Waals surface area contributed by atoms with Crippen LogP contribution < -0.4 is 15.8 Å². The predicted octanol–water partition coefficient (Wildman–Crippen LogP) is 1.91. The number of nitrogens with two attached hydrogens (primary N) is 1. The molecule has 6 heteroatoms. The van der Waals surface area contributed by atoms with Crippen molar-refractivity contribution in [2.24, 2.45) is 5.73 Å². The fourth-order valence-corrected chi connectivity index (χ4v) is 2.80. The van der Waals surface area contributed by atoms with Gasteiger partial charge in [0.25, 0.3) is 0 Å². The lowest BCUT2D eigenvalue weighted by molar-refractivity contribution is -0.140. The number of rotatable bonds is 8. The van der Waals surface area contributed by atoms with Crippen molar-refractivity contribution in [2.75, 3.05) is 13.7 Å². The van der Waals surface area contributed by atoms with Crippen molar-refractivity contribution in [3.05, 3.63) is 29.8 Å². The molecule has 0 saturated heterocycles. The van der Waals surface area contributed by atoms with Gasteiger partial charge in [-0.1, -0.05) is 25.0 Å². The largest absolute Gasteiger partial charge is 0.494 e. The summed E-state index contributed by atoms with van der Waals surface area (Å²) in [6.07, 6.45) is 4.52. The van der Waals surface area contributed by atoms with E-state index < -0.39 is 5.54 Å². The van der Waals surface area contributed by atoms with Gasteiger partial charge in [-0.05, 0) is 37.0 Å². The van der Waals surface area contributed by atoms with Crippen LogP contribution in [0.25, 0.3) is 0 Å². The minimum Gasteiger partial charge on any atom is -0.494 e. The molecule has 3 N–H and O–H groups in total. The number of ether oxygens (including phenoxy) is 2. The Bertz CT molecular complexity index is 551. The second-order valence-corrected chi connectivity index (χ2v) is 6.22. The number of benzene rings is 1. The van der Waals surface area contributed by atoms with E-state index in [1.807, 2.05) is 24.3 Å². The van der Waals surface area contributed by atoms with Gasteiger partial charge in [0.15, 0.2) is 0 Å². The number of esters is 1. The molecule has 2 rings (SSSR count). The van der Waals surface area contributed by atoms with E-state index in [1.54, 1.807) is 0 Å². The third-order valence-electron chi connectivity index (χ3n) is 4.35. The van der Waals surface area contributed by atoms with Crippen molar-refractivity contribution >= 4 is 11.9 Å². The van der Waals surface area contributed by atoms with Crippen LogP contribution in [-0.2, 0) is 20.9 Å². The number of carbonyl (C=O) groups excluding carboxylic acids is 2. The maximum absolute atomic E-state index is 12.2. The number of hydrogen-bond donors (Lipinski definition) is 2. The first-order valence-corrected chi connectivity index (χ1v) is 8.39. The first kappa shape index (κ1) is 18.3. The molecule has 1 aromatic rings. The fourth-order valence-electron chi connectivity index (χ4n) is 2.80. The molecule has 6 nitrogen and oxygen atoms in total. The van der Waals surface area contributed by atoms with E-state index >= 15 is 0 Å². The molecule has 1 aliphatic carbocycles. The summed E-state index contributed by atoms with van der Waals surface area (Å²) >= 11 is 0. The third kappa shape index (κ3) is 5.23. The zero-order valence-electron chi connectivity index (χ0n) is 14.2. The molecule has 0 heterocycles. The van der Waals surface area contributed by atoms with Gasteiger partial charge in [0.2, 0.25) is 5.91 Å². The van der Waals surface area contributed by atoms with Gasteiger partial charge in [-0.25, -0.2) is 0 Å². The Morgan fingerprint density at radius 3 is 2.50 bits per heavy atom. The molecule has 0 spiro atoms. The van der Waals surface area contributed by atoms with Crippen LogP contribution in [0.3, 0.4) is 0 Å². The highest BCUT2D eigenvalue weighted by molar-refractivity contribution is 5.86. The van der Waals surface area contributed by atoms with Gasteiger partial charge >= 0.3 is 5.97 Å². The van der Waals surface area contributed by atoms with E-state index in [4.69, 9.17) is 10.5 Å². The van der Waals surface area contributed by atoms with Crippen LogP contribution in [0, 0.1) is 0 Å². The molecule has 0 aliphatic heterocycles. The van der Waals surface area contributed by atoms with Gasteiger partial charge in [0.05, 0.1) is 19.3 Å². The van der Waals surface area contributed by atoms with Crippen LogP contribution in [0.2, 0.25) is 0 Å². The fraction of sp³-hybridized carbons (Fsp3) is 0.556. The summed E-state index contributed by atoms with van der Waals surface area (Å²) in [6, 6.07) is 7.53. The van der Waals surface area contributed by atoms with E-state index in [0.29, 0.717) is 26.0 Å². The standard InChI is InChI=1S/C18H26N2O4/c1-23-16(21)5-4-12-24-15-8-6-14(7-9-15)13-20-17(22)18(19)10-2-3-11-18/h6-9H,2-5,10-13,19H2,1H3,(H,20,22). The monoisotopic (exact) mass is 334 g/mol. The molecular weight excluding hydrogens is 308 g/mol. The lowest BCUT2D eigenvalue weighted by atomic mass is 9.98. The maximum Gasteiger partial charge on any atom is 0.305 e. The molecule has 1 aliphatic rings. The zero-order valence-corrected chi connectivity index (χ0v) is 14.2. The molecule has 0 aromatic heterocycles. The Hall–Kier alpha value is -2.08. The van der Waals surface area contributed by atoms with Crippen molar-refractivity contribution in [1.82, 2.24) is 5.32 Å².